The minimum Gasteiger partial charge on any atom is -0.448 e. The van der Waals surface area contributed by atoms with Crippen LogP contribution in [0.3, 0.4) is 0 Å². The number of benzene rings is 1. The topological polar surface area (TPSA) is 77.4 Å². The predicted octanol–water partition coefficient (Wildman–Crippen LogP) is 2.69. The molecule has 0 aliphatic rings. The van der Waals surface area contributed by atoms with Crippen molar-refractivity contribution in [1.29, 1.82) is 0 Å². The van der Waals surface area contributed by atoms with Gasteiger partial charge in [-0.15, -0.1) is 0 Å². The maximum Gasteiger partial charge on any atom is 0.355 e. The highest BCUT2D eigenvalue weighted by Crippen LogP contribution is 2.14. The van der Waals surface area contributed by atoms with Crippen LogP contribution in [-0.4, -0.2) is 34.9 Å². The Balaban J connectivity index is 1.90. The van der Waals surface area contributed by atoms with E-state index in [2.05, 4.69) is 5.32 Å². The van der Waals surface area contributed by atoms with Gasteiger partial charge in [-0.25, -0.2) is 4.79 Å². The molecule has 26 heavy (non-hydrogen) atoms. The Kier molecular flexibility index (Phi) is 6.33. The zero-order chi connectivity index (χ0) is 19.3. The molecule has 2 atom stereocenters. The van der Waals surface area contributed by atoms with Gasteiger partial charge in [0.2, 0.25) is 0 Å². The Morgan fingerprint density at radius 3 is 2.38 bits per heavy atom. The van der Waals surface area contributed by atoms with Crippen LogP contribution in [0, 0.1) is 0 Å². The first kappa shape index (κ1) is 19.4. The molecular weight excluding hydrogens is 332 g/mol. The maximum absolute atomic E-state index is 12.2. The van der Waals surface area contributed by atoms with Gasteiger partial charge in [-0.05, 0) is 31.4 Å². The van der Waals surface area contributed by atoms with Gasteiger partial charge in [-0.1, -0.05) is 37.3 Å². The molecule has 0 unspecified atom stereocenters. The summed E-state index contributed by atoms with van der Waals surface area (Å²) in [5.41, 5.74) is 1.78. The Morgan fingerprint density at radius 2 is 1.81 bits per heavy atom. The monoisotopic (exact) mass is 356 g/mol. The number of nitrogens with one attached hydrogen (secondary N) is 1. The van der Waals surface area contributed by atoms with Crippen LogP contribution in [0.25, 0.3) is 0 Å². The number of nitrogens with zero attached hydrogens (tertiary/aromatic N) is 1. The second kappa shape index (κ2) is 8.47. The van der Waals surface area contributed by atoms with Gasteiger partial charge in [-0.3, -0.25) is 9.59 Å². The quantitative estimate of drug-likeness (QED) is 0.611. The van der Waals surface area contributed by atoms with E-state index in [1.165, 1.54) is 24.5 Å². The lowest BCUT2D eigenvalue weighted by atomic mass is 10.0. The van der Waals surface area contributed by atoms with Crippen LogP contribution in [0.4, 0.5) is 0 Å². The van der Waals surface area contributed by atoms with Crippen molar-refractivity contribution in [2.24, 2.45) is 7.05 Å². The molecule has 2 rings (SSSR count). The van der Waals surface area contributed by atoms with E-state index in [0.717, 1.165) is 5.56 Å². The van der Waals surface area contributed by atoms with Crippen LogP contribution < -0.4 is 5.32 Å². The Hall–Kier alpha value is -2.89. The molecule has 2 aromatic rings. The first-order valence-corrected chi connectivity index (χ1v) is 8.50. The molecule has 1 aromatic carbocycles. The van der Waals surface area contributed by atoms with E-state index in [4.69, 9.17) is 4.74 Å². The van der Waals surface area contributed by atoms with Crippen LogP contribution in [0.5, 0.6) is 0 Å². The lowest BCUT2D eigenvalue weighted by Gasteiger charge is -2.16. The molecule has 0 saturated carbocycles. The molecule has 1 N–H and O–H groups in total. The normalized spacial score (nSPS) is 12.9. The molecular formula is C20H24N2O4. The van der Waals surface area contributed by atoms with Crippen LogP contribution >= 0.6 is 0 Å². The summed E-state index contributed by atoms with van der Waals surface area (Å²) < 4.78 is 6.74. The van der Waals surface area contributed by atoms with Crippen molar-refractivity contribution in [2.45, 2.75) is 32.8 Å². The number of esters is 1. The summed E-state index contributed by atoms with van der Waals surface area (Å²) >= 11 is 0. The van der Waals surface area contributed by atoms with E-state index in [9.17, 15) is 14.4 Å². The minimum atomic E-state index is -0.929. The molecule has 6 heteroatoms. The predicted molar refractivity (Wildman–Crippen MR) is 98.2 cm³/mol. The number of aromatic nitrogens is 1. The fourth-order valence-electron chi connectivity index (χ4n) is 2.53. The maximum atomic E-state index is 12.2. The number of ketones is 1. The van der Waals surface area contributed by atoms with Gasteiger partial charge in [0.15, 0.2) is 11.9 Å². The molecule has 1 aromatic heterocycles. The third kappa shape index (κ3) is 4.81. The van der Waals surface area contributed by atoms with E-state index < -0.39 is 12.1 Å². The fraction of sp³-hybridized carbons (Fsp3) is 0.350. The number of Topliss-reactive ketones (excluding diaryl/α,β-unsaturated/α-hetero) is 1. The average Bonchev–Trinajstić information content (AvgIpc) is 3.02. The Morgan fingerprint density at radius 1 is 1.15 bits per heavy atom. The molecule has 6 nitrogen and oxygen atoms in total. The van der Waals surface area contributed by atoms with Gasteiger partial charge in [0.25, 0.3) is 5.91 Å². The molecule has 0 radical (unpaired) electrons. The van der Waals surface area contributed by atoms with Gasteiger partial charge in [0, 0.05) is 25.4 Å². The molecule has 0 spiro atoms. The molecule has 1 amide bonds. The van der Waals surface area contributed by atoms with Gasteiger partial charge >= 0.3 is 5.97 Å². The fourth-order valence-corrected chi connectivity index (χ4v) is 2.53. The van der Waals surface area contributed by atoms with Gasteiger partial charge in [-0.2, -0.15) is 0 Å². The van der Waals surface area contributed by atoms with Crippen LogP contribution in [0.15, 0.2) is 42.6 Å². The molecule has 138 valence electrons. The van der Waals surface area contributed by atoms with Gasteiger partial charge in [0.1, 0.15) is 5.69 Å². The number of amides is 1. The second-order valence-electron chi connectivity index (χ2n) is 6.39. The smallest absolute Gasteiger partial charge is 0.355 e. The molecule has 0 saturated heterocycles. The second-order valence-corrected chi connectivity index (χ2v) is 6.39. The highest BCUT2D eigenvalue weighted by molar-refractivity contribution is 5.98. The summed E-state index contributed by atoms with van der Waals surface area (Å²) in [6.45, 7) is 5.41. The molecule has 0 aliphatic heterocycles. The number of ether oxygens (including phenoxy) is 1. The minimum absolute atomic E-state index is 0.139. The molecule has 0 bridgehead atoms. The van der Waals surface area contributed by atoms with Crippen molar-refractivity contribution >= 4 is 17.7 Å². The van der Waals surface area contributed by atoms with E-state index in [1.807, 2.05) is 37.3 Å². The number of carbonyl (C=O) groups is 3. The Labute approximate surface area is 153 Å². The summed E-state index contributed by atoms with van der Waals surface area (Å²) in [6.07, 6.45) is 0.631. The Bertz CT molecular complexity index is 795. The molecule has 0 fully saturated rings. The van der Waals surface area contributed by atoms with Gasteiger partial charge < -0.3 is 14.6 Å². The highest BCUT2D eigenvalue weighted by atomic mass is 16.5. The van der Waals surface area contributed by atoms with Crippen molar-refractivity contribution in [1.82, 2.24) is 9.88 Å². The number of hydrogen-bond donors (Lipinski definition) is 1. The highest BCUT2D eigenvalue weighted by Gasteiger charge is 2.22. The number of aryl methyl sites for hydroxylation is 1. The lowest BCUT2D eigenvalue weighted by Crippen LogP contribution is -2.37. The summed E-state index contributed by atoms with van der Waals surface area (Å²) in [4.78, 5) is 35.8. The first-order chi connectivity index (χ1) is 12.3. The SMILES string of the molecule is CC(=O)c1cc(C(=O)O[C@@H](C)C(=O)NC[C@@H](C)c2ccccc2)n(C)c1. The van der Waals surface area contributed by atoms with E-state index >= 15 is 0 Å². The summed E-state index contributed by atoms with van der Waals surface area (Å²) in [5.74, 6) is -0.990. The van der Waals surface area contributed by atoms with Crippen LogP contribution in [0.1, 0.15) is 53.1 Å². The summed E-state index contributed by atoms with van der Waals surface area (Å²) in [5, 5.41) is 2.80. The van der Waals surface area contributed by atoms with E-state index in [1.54, 1.807) is 13.2 Å². The molecule has 1 heterocycles. The van der Waals surface area contributed by atoms with Crippen LogP contribution in [0.2, 0.25) is 0 Å². The van der Waals surface area contributed by atoms with E-state index in [-0.39, 0.29) is 23.3 Å². The molecule has 0 aliphatic carbocycles. The van der Waals surface area contributed by atoms with Crippen molar-refractivity contribution < 1.29 is 19.1 Å². The number of hydrogen-bond acceptors (Lipinski definition) is 4. The largest absolute Gasteiger partial charge is 0.448 e. The first-order valence-electron chi connectivity index (χ1n) is 8.50. The van der Waals surface area contributed by atoms with Gasteiger partial charge in [0.05, 0.1) is 0 Å². The summed E-state index contributed by atoms with van der Waals surface area (Å²) in [7, 11) is 1.65. The third-order valence-corrected chi connectivity index (χ3v) is 4.22. The zero-order valence-corrected chi connectivity index (χ0v) is 15.5. The van der Waals surface area contributed by atoms with Crippen molar-refractivity contribution in [3.8, 4) is 0 Å². The summed E-state index contributed by atoms with van der Waals surface area (Å²) in [6, 6.07) is 11.3. The van der Waals surface area contributed by atoms with Crippen LogP contribution in [-0.2, 0) is 16.6 Å². The van der Waals surface area contributed by atoms with E-state index in [0.29, 0.717) is 12.1 Å². The third-order valence-electron chi connectivity index (χ3n) is 4.22. The number of rotatable bonds is 7. The zero-order valence-electron chi connectivity index (χ0n) is 15.5. The average molecular weight is 356 g/mol. The van der Waals surface area contributed by atoms with Crippen molar-refractivity contribution in [3.63, 3.8) is 0 Å². The standard InChI is InChI=1S/C20H24N2O4/c1-13(16-8-6-5-7-9-16)11-21-19(24)15(3)26-20(25)18-10-17(14(2)23)12-22(18)4/h5-10,12-13,15H,11H2,1-4H3,(H,21,24)/t13-,15+/m1/s1. The number of carbonyl (C=O) groups excluding carboxylic acids is 3. The van der Waals surface area contributed by atoms with Crippen molar-refractivity contribution in [3.05, 3.63) is 59.4 Å². The lowest BCUT2D eigenvalue weighted by molar-refractivity contribution is -0.129. The van der Waals surface area contributed by atoms with Crippen molar-refractivity contribution in [2.75, 3.05) is 6.54 Å².